The van der Waals surface area contributed by atoms with Gasteiger partial charge in [0, 0.05) is 11.6 Å². The van der Waals surface area contributed by atoms with Crippen molar-refractivity contribution in [1.82, 2.24) is 4.98 Å². The first-order chi connectivity index (χ1) is 6.56. The van der Waals surface area contributed by atoms with Crippen molar-refractivity contribution >= 4 is 29.1 Å². The van der Waals surface area contributed by atoms with Crippen molar-refractivity contribution in [3.05, 3.63) is 11.6 Å². The maximum Gasteiger partial charge on any atom is 0.395 e. The fourth-order valence-electron chi connectivity index (χ4n) is 0.627. The van der Waals surface area contributed by atoms with E-state index in [1.54, 1.807) is 5.38 Å². The number of nitrogens with zero attached hydrogens (tertiary/aromatic N) is 1. The summed E-state index contributed by atoms with van der Waals surface area (Å²) in [5, 5.41) is -2.00. The molecule has 1 heterocycles. The summed E-state index contributed by atoms with van der Waals surface area (Å²) in [5.74, 6) is -1.53. The van der Waals surface area contributed by atoms with Crippen LogP contribution in [0.1, 0.15) is 6.92 Å². The molecule has 14 heavy (non-hydrogen) atoms. The number of carbonyl (C=O) groups is 1. The van der Waals surface area contributed by atoms with Crippen LogP contribution in [-0.4, -0.2) is 22.8 Å². The lowest BCUT2D eigenvalue weighted by Crippen LogP contribution is -2.26. The Morgan fingerprint density at radius 1 is 1.79 bits per heavy atom. The third kappa shape index (κ3) is 2.91. The molecule has 0 aromatic carbocycles. The van der Waals surface area contributed by atoms with Gasteiger partial charge in [0.25, 0.3) is 0 Å². The maximum atomic E-state index is 13.0. The normalized spacial score (nSPS) is 11.4. The molecule has 3 nitrogen and oxygen atoms in total. The fraction of sp³-hybridized carbons (Fsp3) is 0.429. The monoisotopic (exact) mass is 239 g/mol. The van der Waals surface area contributed by atoms with Crippen LogP contribution in [0.15, 0.2) is 15.9 Å². The van der Waals surface area contributed by atoms with Crippen LogP contribution in [-0.2, 0) is 9.53 Å². The molecule has 1 rings (SSSR count). The summed E-state index contributed by atoms with van der Waals surface area (Å²) in [6.07, 6.45) is 1.40. The summed E-state index contributed by atoms with van der Waals surface area (Å²) >= 11 is 1.15. The van der Waals surface area contributed by atoms with Crippen molar-refractivity contribution in [2.24, 2.45) is 0 Å². The van der Waals surface area contributed by atoms with Crippen molar-refractivity contribution in [2.45, 2.75) is 16.5 Å². The van der Waals surface area contributed by atoms with Gasteiger partial charge in [0.1, 0.15) is 0 Å². The van der Waals surface area contributed by atoms with Gasteiger partial charge in [0.05, 0.1) is 6.61 Å². The van der Waals surface area contributed by atoms with Gasteiger partial charge in [-0.1, -0.05) is 0 Å². The van der Waals surface area contributed by atoms with Gasteiger partial charge >= 0.3 is 11.2 Å². The second-order valence-electron chi connectivity index (χ2n) is 2.14. The molecule has 0 saturated heterocycles. The number of rotatable bonds is 4. The Balaban J connectivity index is 2.61. The highest BCUT2D eigenvalue weighted by Gasteiger charge is 2.42. The molecule has 0 amide bonds. The van der Waals surface area contributed by atoms with Gasteiger partial charge in [-0.25, -0.2) is 9.78 Å². The van der Waals surface area contributed by atoms with Crippen LogP contribution >= 0.6 is 23.1 Å². The van der Waals surface area contributed by atoms with Crippen molar-refractivity contribution in [3.63, 3.8) is 0 Å². The molecule has 0 bridgehead atoms. The zero-order valence-corrected chi connectivity index (χ0v) is 8.83. The van der Waals surface area contributed by atoms with E-state index in [-0.39, 0.29) is 22.7 Å². The number of hydrogen-bond acceptors (Lipinski definition) is 5. The number of thioether (sulfide) groups is 1. The van der Waals surface area contributed by atoms with E-state index in [0.29, 0.717) is 0 Å². The summed E-state index contributed by atoms with van der Waals surface area (Å²) in [5.41, 5.74) is 0. The average Bonchev–Trinajstić information content (AvgIpc) is 2.56. The van der Waals surface area contributed by atoms with Crippen LogP contribution in [0, 0.1) is 0 Å². The quantitative estimate of drug-likeness (QED) is 0.597. The van der Waals surface area contributed by atoms with Crippen LogP contribution in [0.5, 0.6) is 0 Å². The fourth-order valence-corrected chi connectivity index (χ4v) is 2.14. The molecule has 0 atom stereocenters. The maximum absolute atomic E-state index is 13.0. The molecule has 0 radical (unpaired) electrons. The zero-order chi connectivity index (χ0) is 10.6. The van der Waals surface area contributed by atoms with Crippen LogP contribution in [0.3, 0.4) is 0 Å². The molecule has 0 spiro atoms. The van der Waals surface area contributed by atoms with E-state index in [1.165, 1.54) is 13.1 Å². The smallest absolute Gasteiger partial charge is 0.395 e. The summed E-state index contributed by atoms with van der Waals surface area (Å²) in [6.45, 7) is 1.41. The molecule has 1 aromatic heterocycles. The highest BCUT2D eigenvalue weighted by atomic mass is 32.2. The molecule has 0 N–H and O–H groups in total. The number of aromatic nitrogens is 1. The Bertz CT molecular complexity index is 303. The van der Waals surface area contributed by atoms with Crippen LogP contribution < -0.4 is 0 Å². The largest absolute Gasteiger partial charge is 0.461 e. The minimum atomic E-state index is -3.56. The first-order valence-electron chi connectivity index (χ1n) is 3.70. The number of ether oxygens (including phenoxy) is 1. The molecule has 0 aliphatic rings. The summed E-state index contributed by atoms with van der Waals surface area (Å²) < 4.78 is 30.4. The van der Waals surface area contributed by atoms with E-state index in [0.717, 1.165) is 11.3 Å². The molecular weight excluding hydrogens is 232 g/mol. The van der Waals surface area contributed by atoms with Crippen molar-refractivity contribution < 1.29 is 18.3 Å². The van der Waals surface area contributed by atoms with Crippen LogP contribution in [0.4, 0.5) is 8.78 Å². The zero-order valence-electron chi connectivity index (χ0n) is 7.20. The molecule has 1 aromatic rings. The average molecular weight is 239 g/mol. The topological polar surface area (TPSA) is 39.2 Å². The van der Waals surface area contributed by atoms with Crippen molar-refractivity contribution in [2.75, 3.05) is 6.61 Å². The van der Waals surface area contributed by atoms with Crippen molar-refractivity contribution in [1.29, 1.82) is 0 Å². The minimum Gasteiger partial charge on any atom is -0.461 e. The van der Waals surface area contributed by atoms with Gasteiger partial charge in [-0.05, 0) is 18.7 Å². The predicted octanol–water partition coefficient (Wildman–Crippen LogP) is 2.39. The van der Waals surface area contributed by atoms with E-state index in [9.17, 15) is 13.6 Å². The number of alkyl halides is 2. The standard InChI is InChI=1S/C7H7F2NO2S2/c1-2-12-5(11)7(8,9)14-6-10-3-4-13-6/h3-4H,2H2,1H3. The van der Waals surface area contributed by atoms with E-state index < -0.39 is 11.2 Å². The highest BCUT2D eigenvalue weighted by molar-refractivity contribution is 8.02. The van der Waals surface area contributed by atoms with E-state index in [4.69, 9.17) is 0 Å². The number of thiazole rings is 1. The molecule has 0 aliphatic heterocycles. The van der Waals surface area contributed by atoms with Gasteiger partial charge in [-0.3, -0.25) is 0 Å². The lowest BCUT2D eigenvalue weighted by atomic mass is 10.7. The van der Waals surface area contributed by atoms with Gasteiger partial charge in [-0.2, -0.15) is 8.78 Å². The SMILES string of the molecule is CCOC(=O)C(F)(F)Sc1nccs1. The third-order valence-corrected chi connectivity index (χ3v) is 2.94. The molecule has 0 fully saturated rings. The van der Waals surface area contributed by atoms with E-state index >= 15 is 0 Å². The number of hydrogen-bond donors (Lipinski definition) is 0. The first kappa shape index (κ1) is 11.4. The van der Waals surface area contributed by atoms with E-state index in [1.807, 2.05) is 0 Å². The van der Waals surface area contributed by atoms with Crippen molar-refractivity contribution in [3.8, 4) is 0 Å². The Kier molecular flexibility index (Phi) is 3.82. The molecular formula is C7H7F2NO2S2. The van der Waals surface area contributed by atoms with Crippen LogP contribution in [0.25, 0.3) is 0 Å². The second kappa shape index (κ2) is 4.70. The molecule has 0 unspecified atom stereocenters. The first-order valence-corrected chi connectivity index (χ1v) is 5.39. The Morgan fingerprint density at radius 3 is 3.00 bits per heavy atom. The second-order valence-corrected chi connectivity index (χ2v) is 4.39. The number of halogens is 2. The minimum absolute atomic E-state index is 0.0626. The molecule has 0 aliphatic carbocycles. The lowest BCUT2D eigenvalue weighted by molar-refractivity contribution is -0.159. The number of carbonyl (C=O) groups excluding carboxylic acids is 1. The third-order valence-electron chi connectivity index (χ3n) is 1.14. The summed E-state index contributed by atoms with van der Waals surface area (Å²) in [4.78, 5) is 14.4. The lowest BCUT2D eigenvalue weighted by Gasteiger charge is -2.11. The van der Waals surface area contributed by atoms with E-state index in [2.05, 4.69) is 9.72 Å². The van der Waals surface area contributed by atoms with Gasteiger partial charge in [-0.15, -0.1) is 11.3 Å². The molecule has 78 valence electrons. The Morgan fingerprint density at radius 2 is 2.50 bits per heavy atom. The highest BCUT2D eigenvalue weighted by Crippen LogP contribution is 2.37. The van der Waals surface area contributed by atoms with Gasteiger partial charge in [0.15, 0.2) is 4.34 Å². The molecule has 0 saturated carbocycles. The van der Waals surface area contributed by atoms with Gasteiger partial charge < -0.3 is 4.74 Å². The predicted molar refractivity (Wildman–Crippen MR) is 49.6 cm³/mol. The Labute approximate surface area is 87.5 Å². The summed E-state index contributed by atoms with van der Waals surface area (Å²) in [6, 6.07) is 0. The van der Waals surface area contributed by atoms with Crippen LogP contribution in [0.2, 0.25) is 0 Å². The molecule has 7 heteroatoms. The summed E-state index contributed by atoms with van der Waals surface area (Å²) in [7, 11) is 0. The van der Waals surface area contributed by atoms with Gasteiger partial charge in [0.2, 0.25) is 0 Å². The Hall–Kier alpha value is -0.690. The number of esters is 1.